The fraction of sp³-hybridized carbons (Fsp3) is 0.789. The Bertz CT molecular complexity index is 1350. The van der Waals surface area contributed by atoms with Gasteiger partial charge < -0.3 is 60.5 Å². The van der Waals surface area contributed by atoms with Crippen LogP contribution in [0.5, 0.6) is 0 Å². The van der Waals surface area contributed by atoms with Crippen molar-refractivity contribution < 1.29 is 58.8 Å². The van der Waals surface area contributed by atoms with Gasteiger partial charge in [0.15, 0.2) is 0 Å². The van der Waals surface area contributed by atoms with Crippen molar-refractivity contribution in [2.75, 3.05) is 78.6 Å². The molecule has 58 heavy (non-hydrogen) atoms. The van der Waals surface area contributed by atoms with Crippen LogP contribution in [0.15, 0.2) is 0 Å². The molecule has 6 atom stereocenters. The minimum Gasteiger partial charge on any atom is -0.395 e. The fourth-order valence-corrected chi connectivity index (χ4v) is 5.84. The summed E-state index contributed by atoms with van der Waals surface area (Å²) in [6, 6.07) is -1.44. The number of nitrogens with two attached hydrogens (primary N) is 1. The third-order valence-corrected chi connectivity index (χ3v) is 9.63. The number of amides is 8. The Kier molecular flexibility index (Phi) is 25.2. The first-order valence-electron chi connectivity index (χ1n) is 19.9. The average Bonchev–Trinajstić information content (AvgIpc) is 3.14. The minimum atomic E-state index is -1.11. The van der Waals surface area contributed by atoms with Crippen LogP contribution in [0.4, 0.5) is 0 Å². The molecule has 0 aliphatic carbocycles. The molecule has 0 heterocycles. The number of primary amides is 1. The standard InChI is InChI=1S/C38H70N8O12/c1-10-26(4)44(18-32(39)52)36(56)21-43(17-31(9)51)34(54)20-41(15-29(7)49)35(55)23-45(27(5)11-2)38(58)24-46(28(6)12-3)37(57)22-42(16-30(8)50)33(53)19-40(25-48)13-14-47/h25-31,47,49-51H,10-24H2,1-9H3,(H2,39,52). The van der Waals surface area contributed by atoms with E-state index in [-0.39, 0.29) is 32.7 Å². The van der Waals surface area contributed by atoms with Crippen LogP contribution in [-0.4, -0.2) is 218 Å². The predicted octanol–water partition coefficient (Wildman–Crippen LogP) is -2.57. The van der Waals surface area contributed by atoms with Crippen molar-refractivity contribution >= 4 is 47.8 Å². The van der Waals surface area contributed by atoms with Gasteiger partial charge in [0.1, 0.15) is 13.1 Å². The minimum absolute atomic E-state index is 0.124. The molecule has 0 saturated heterocycles. The molecule has 0 fully saturated rings. The van der Waals surface area contributed by atoms with Gasteiger partial charge in [-0.1, -0.05) is 20.8 Å². The molecule has 0 saturated carbocycles. The molecule has 0 aromatic rings. The molecule has 0 aliphatic heterocycles. The maximum Gasteiger partial charge on any atom is 0.242 e. The lowest BCUT2D eigenvalue weighted by Gasteiger charge is -2.36. The van der Waals surface area contributed by atoms with Gasteiger partial charge in [-0.05, 0) is 60.8 Å². The molecule has 0 rings (SSSR count). The lowest BCUT2D eigenvalue weighted by molar-refractivity contribution is -0.151. The number of carbonyl (C=O) groups is 8. The number of carbonyl (C=O) groups excluding carboxylic acids is 8. The lowest BCUT2D eigenvalue weighted by Crippen LogP contribution is -2.55. The lowest BCUT2D eigenvalue weighted by atomic mass is 10.1. The zero-order chi connectivity index (χ0) is 44.9. The normalized spacial score (nSPS) is 14.2. The molecule has 8 amide bonds. The Morgan fingerprint density at radius 2 is 0.793 bits per heavy atom. The van der Waals surface area contributed by atoms with Crippen molar-refractivity contribution in [2.45, 2.75) is 118 Å². The summed E-state index contributed by atoms with van der Waals surface area (Å²) < 4.78 is 0. The highest BCUT2D eigenvalue weighted by molar-refractivity contribution is 5.93. The Hall–Kier alpha value is -4.40. The SMILES string of the molecule is CCC(C)N(CC(N)=O)C(=O)CN(CC(C)O)C(=O)CN(CC(C)O)C(=O)CN(C(=O)CN(C(=O)CN(CC(C)O)C(=O)CN(C=O)CCO)C(C)CC)C(C)CC. The molecule has 6 unspecified atom stereocenters. The highest BCUT2D eigenvalue weighted by atomic mass is 16.3. The first kappa shape index (κ1) is 53.6. The average molecular weight is 831 g/mol. The van der Waals surface area contributed by atoms with E-state index in [0.29, 0.717) is 25.7 Å². The Labute approximate surface area is 342 Å². The predicted molar refractivity (Wildman–Crippen MR) is 213 cm³/mol. The molecule has 0 aromatic heterocycles. The van der Waals surface area contributed by atoms with Gasteiger partial charge in [0.25, 0.3) is 0 Å². The molecule has 0 spiro atoms. The van der Waals surface area contributed by atoms with Gasteiger partial charge in [0.2, 0.25) is 47.8 Å². The van der Waals surface area contributed by atoms with Gasteiger partial charge >= 0.3 is 0 Å². The molecule has 334 valence electrons. The van der Waals surface area contributed by atoms with Crippen LogP contribution < -0.4 is 5.73 Å². The number of nitrogens with zero attached hydrogens (tertiary/aromatic N) is 7. The molecular formula is C38H70N8O12. The van der Waals surface area contributed by atoms with E-state index in [1.165, 1.54) is 35.5 Å². The Balaban J connectivity index is 6.47. The van der Waals surface area contributed by atoms with E-state index in [1.54, 1.807) is 41.5 Å². The first-order valence-corrected chi connectivity index (χ1v) is 19.9. The van der Waals surface area contributed by atoms with Crippen molar-refractivity contribution in [3.05, 3.63) is 0 Å². The van der Waals surface area contributed by atoms with E-state index in [1.807, 2.05) is 0 Å². The summed E-state index contributed by atoms with van der Waals surface area (Å²) in [5.41, 5.74) is 5.36. The van der Waals surface area contributed by atoms with Gasteiger partial charge in [0.05, 0.1) is 57.6 Å². The Morgan fingerprint density at radius 3 is 1.10 bits per heavy atom. The van der Waals surface area contributed by atoms with Gasteiger partial charge in [-0.3, -0.25) is 38.4 Å². The summed E-state index contributed by atoms with van der Waals surface area (Å²) in [4.78, 5) is 113. The molecule has 6 N–H and O–H groups in total. The third-order valence-electron chi connectivity index (χ3n) is 9.63. The van der Waals surface area contributed by atoms with Crippen LogP contribution in [0.3, 0.4) is 0 Å². The van der Waals surface area contributed by atoms with E-state index < -0.39 is 124 Å². The largest absolute Gasteiger partial charge is 0.395 e. The van der Waals surface area contributed by atoms with Crippen LogP contribution in [-0.2, 0) is 38.4 Å². The Morgan fingerprint density at radius 1 is 0.500 bits per heavy atom. The van der Waals surface area contributed by atoms with Crippen molar-refractivity contribution in [3.8, 4) is 0 Å². The second kappa shape index (κ2) is 27.3. The van der Waals surface area contributed by atoms with Crippen LogP contribution in [0.25, 0.3) is 0 Å². The number of hydrogen-bond acceptors (Lipinski definition) is 12. The quantitative estimate of drug-likeness (QED) is 0.0488. The highest BCUT2D eigenvalue weighted by Crippen LogP contribution is 2.13. The van der Waals surface area contributed by atoms with Crippen LogP contribution in [0, 0.1) is 0 Å². The second-order valence-electron chi connectivity index (χ2n) is 15.0. The summed E-state index contributed by atoms with van der Waals surface area (Å²) in [6.45, 7) is 9.74. The summed E-state index contributed by atoms with van der Waals surface area (Å²) >= 11 is 0. The summed E-state index contributed by atoms with van der Waals surface area (Å²) in [7, 11) is 0. The van der Waals surface area contributed by atoms with Gasteiger partial charge in [-0.2, -0.15) is 0 Å². The summed E-state index contributed by atoms with van der Waals surface area (Å²) in [5, 5.41) is 39.8. The molecule has 0 radical (unpaired) electrons. The summed E-state index contributed by atoms with van der Waals surface area (Å²) in [6.07, 6.45) is -1.55. The molecule has 0 aromatic carbocycles. The van der Waals surface area contributed by atoms with E-state index in [9.17, 15) is 58.8 Å². The molecule has 20 heteroatoms. The first-order chi connectivity index (χ1) is 27.1. The van der Waals surface area contributed by atoms with Crippen molar-refractivity contribution in [1.82, 2.24) is 34.3 Å². The molecule has 0 aliphatic rings. The van der Waals surface area contributed by atoms with Crippen molar-refractivity contribution in [3.63, 3.8) is 0 Å². The van der Waals surface area contributed by atoms with Crippen molar-refractivity contribution in [1.29, 1.82) is 0 Å². The van der Waals surface area contributed by atoms with E-state index in [4.69, 9.17) is 5.73 Å². The highest BCUT2D eigenvalue weighted by Gasteiger charge is 2.33. The molecule has 0 bridgehead atoms. The van der Waals surface area contributed by atoms with E-state index in [0.717, 1.165) is 19.6 Å². The fourth-order valence-electron chi connectivity index (χ4n) is 5.84. The number of aliphatic hydroxyl groups excluding tert-OH is 4. The maximum absolute atomic E-state index is 14.0. The van der Waals surface area contributed by atoms with Crippen LogP contribution in [0.2, 0.25) is 0 Å². The molecule has 20 nitrogen and oxygen atoms in total. The van der Waals surface area contributed by atoms with Gasteiger partial charge in [0, 0.05) is 44.3 Å². The molecular weight excluding hydrogens is 760 g/mol. The van der Waals surface area contributed by atoms with Gasteiger partial charge in [-0.25, -0.2) is 0 Å². The van der Waals surface area contributed by atoms with Crippen LogP contribution in [0.1, 0.15) is 81.6 Å². The topological polar surface area (TPSA) is 266 Å². The van der Waals surface area contributed by atoms with Crippen LogP contribution >= 0.6 is 0 Å². The number of aliphatic hydroxyl groups is 4. The van der Waals surface area contributed by atoms with E-state index >= 15 is 0 Å². The monoisotopic (exact) mass is 831 g/mol. The number of rotatable bonds is 29. The van der Waals surface area contributed by atoms with E-state index in [2.05, 4.69) is 0 Å². The zero-order valence-electron chi connectivity index (χ0n) is 35.9. The third kappa shape index (κ3) is 19.4. The maximum atomic E-state index is 14.0. The van der Waals surface area contributed by atoms with Crippen molar-refractivity contribution in [2.24, 2.45) is 5.73 Å². The zero-order valence-corrected chi connectivity index (χ0v) is 35.9. The number of hydrogen-bond donors (Lipinski definition) is 5. The summed E-state index contributed by atoms with van der Waals surface area (Å²) in [5.74, 6) is -4.75. The van der Waals surface area contributed by atoms with Gasteiger partial charge in [-0.15, -0.1) is 0 Å². The second-order valence-corrected chi connectivity index (χ2v) is 15.0. The smallest absolute Gasteiger partial charge is 0.242 e.